The molecule has 0 aliphatic heterocycles. The predicted octanol–water partition coefficient (Wildman–Crippen LogP) is 2.97. The molecule has 0 atom stereocenters. The van der Waals surface area contributed by atoms with E-state index in [-0.39, 0.29) is 5.91 Å². The fraction of sp³-hybridized carbons (Fsp3) is 0.231. The number of thiazole rings is 1. The molecule has 1 aromatic carbocycles. The minimum Gasteiger partial charge on any atom is -0.375 e. The highest BCUT2D eigenvalue weighted by Gasteiger charge is 2.09. The molecule has 0 saturated carbocycles. The van der Waals surface area contributed by atoms with E-state index in [0.717, 1.165) is 27.4 Å². The first kappa shape index (κ1) is 12.6. The second kappa shape index (κ2) is 4.78. The van der Waals surface area contributed by atoms with E-state index in [1.54, 1.807) is 0 Å². The van der Waals surface area contributed by atoms with Gasteiger partial charge in [-0.3, -0.25) is 4.79 Å². The summed E-state index contributed by atoms with van der Waals surface area (Å²) in [6.07, 6.45) is 0. The van der Waals surface area contributed by atoms with Crippen molar-refractivity contribution in [3.05, 3.63) is 28.6 Å². The summed E-state index contributed by atoms with van der Waals surface area (Å²) in [5, 5.41) is 3.37. The predicted molar refractivity (Wildman–Crippen MR) is 75.7 cm³/mol. The minimum absolute atomic E-state index is 0.0695. The maximum atomic E-state index is 11.0. The van der Waals surface area contributed by atoms with Crippen LogP contribution in [0.2, 0.25) is 0 Å². The Morgan fingerprint density at radius 3 is 2.61 bits per heavy atom. The van der Waals surface area contributed by atoms with Crippen molar-refractivity contribution in [2.45, 2.75) is 20.8 Å². The molecule has 1 aromatic heterocycles. The Morgan fingerprint density at radius 1 is 1.39 bits per heavy atom. The van der Waals surface area contributed by atoms with Gasteiger partial charge in [0.25, 0.3) is 0 Å². The molecular weight excluding hydrogens is 246 g/mol. The van der Waals surface area contributed by atoms with Crippen molar-refractivity contribution in [2.75, 3.05) is 11.1 Å². The molecule has 4 nitrogen and oxygen atoms in total. The fourth-order valence-corrected chi connectivity index (χ4v) is 2.54. The van der Waals surface area contributed by atoms with Crippen LogP contribution < -0.4 is 11.1 Å². The first-order valence-corrected chi connectivity index (χ1v) is 6.40. The van der Waals surface area contributed by atoms with E-state index in [2.05, 4.69) is 10.3 Å². The van der Waals surface area contributed by atoms with Crippen LogP contribution in [-0.2, 0) is 4.79 Å². The average Bonchev–Trinajstić information content (AvgIpc) is 2.60. The van der Waals surface area contributed by atoms with Gasteiger partial charge in [-0.1, -0.05) is 6.07 Å². The van der Waals surface area contributed by atoms with Crippen molar-refractivity contribution in [1.29, 1.82) is 0 Å². The molecule has 0 fully saturated rings. The van der Waals surface area contributed by atoms with Gasteiger partial charge >= 0.3 is 0 Å². The zero-order valence-corrected chi connectivity index (χ0v) is 11.4. The van der Waals surface area contributed by atoms with Crippen LogP contribution in [0.3, 0.4) is 0 Å². The summed E-state index contributed by atoms with van der Waals surface area (Å²) in [7, 11) is 0. The van der Waals surface area contributed by atoms with Gasteiger partial charge in [-0.2, -0.15) is 0 Å². The first-order valence-electron chi connectivity index (χ1n) is 5.59. The number of nitrogens with zero attached hydrogens (tertiary/aromatic N) is 1. The zero-order valence-electron chi connectivity index (χ0n) is 10.6. The highest BCUT2D eigenvalue weighted by Crippen LogP contribution is 2.30. The Morgan fingerprint density at radius 2 is 2.11 bits per heavy atom. The number of benzene rings is 1. The van der Waals surface area contributed by atoms with Gasteiger partial charge in [0.15, 0.2) is 5.13 Å². The molecule has 1 amide bonds. The molecule has 0 aliphatic carbocycles. The number of nitrogen functional groups attached to an aromatic ring is 1. The van der Waals surface area contributed by atoms with E-state index in [1.807, 2.05) is 32.0 Å². The molecule has 18 heavy (non-hydrogen) atoms. The summed E-state index contributed by atoms with van der Waals surface area (Å²) in [6, 6.07) is 5.84. The van der Waals surface area contributed by atoms with Crippen molar-refractivity contribution in [1.82, 2.24) is 4.98 Å². The molecule has 5 heteroatoms. The standard InChI is InChI=1S/C13H15N3OS/c1-7-6-10(4-5-11(7)15-9(3)17)12-8(2)18-13(14)16-12/h4-6H,1-3H3,(H2,14,16)(H,15,17). The SMILES string of the molecule is CC(=O)Nc1ccc(-c2nc(N)sc2C)cc1C. The summed E-state index contributed by atoms with van der Waals surface area (Å²) in [5.41, 5.74) is 9.47. The average molecular weight is 261 g/mol. The van der Waals surface area contributed by atoms with Crippen LogP contribution in [0.4, 0.5) is 10.8 Å². The highest BCUT2D eigenvalue weighted by atomic mass is 32.1. The van der Waals surface area contributed by atoms with E-state index < -0.39 is 0 Å². The molecule has 0 bridgehead atoms. The Bertz CT molecular complexity index is 604. The molecule has 0 radical (unpaired) electrons. The van der Waals surface area contributed by atoms with Crippen LogP contribution >= 0.6 is 11.3 Å². The van der Waals surface area contributed by atoms with Gasteiger partial charge < -0.3 is 11.1 Å². The lowest BCUT2D eigenvalue weighted by Gasteiger charge is -2.08. The number of hydrogen-bond acceptors (Lipinski definition) is 4. The third kappa shape index (κ3) is 2.51. The van der Waals surface area contributed by atoms with E-state index in [4.69, 9.17) is 5.73 Å². The Labute approximate surface area is 110 Å². The zero-order chi connectivity index (χ0) is 13.3. The van der Waals surface area contributed by atoms with Gasteiger partial charge in [-0.25, -0.2) is 4.98 Å². The highest BCUT2D eigenvalue weighted by molar-refractivity contribution is 7.15. The third-order valence-electron chi connectivity index (χ3n) is 2.62. The van der Waals surface area contributed by atoms with Crippen LogP contribution in [0.25, 0.3) is 11.3 Å². The van der Waals surface area contributed by atoms with Crippen LogP contribution in [0.15, 0.2) is 18.2 Å². The number of carbonyl (C=O) groups excluding carboxylic acids is 1. The van der Waals surface area contributed by atoms with Gasteiger partial charge in [0.2, 0.25) is 5.91 Å². The number of rotatable bonds is 2. The molecule has 0 unspecified atom stereocenters. The molecule has 2 aromatic rings. The van der Waals surface area contributed by atoms with Crippen molar-refractivity contribution < 1.29 is 4.79 Å². The van der Waals surface area contributed by atoms with E-state index in [9.17, 15) is 4.79 Å². The number of aromatic nitrogens is 1. The molecule has 94 valence electrons. The van der Waals surface area contributed by atoms with E-state index >= 15 is 0 Å². The molecule has 0 saturated heterocycles. The van der Waals surface area contributed by atoms with Crippen LogP contribution in [0.5, 0.6) is 0 Å². The fourth-order valence-electron chi connectivity index (χ4n) is 1.83. The Kier molecular flexibility index (Phi) is 3.34. The van der Waals surface area contributed by atoms with Crippen molar-refractivity contribution in [3.8, 4) is 11.3 Å². The molecule has 3 N–H and O–H groups in total. The van der Waals surface area contributed by atoms with Crippen molar-refractivity contribution >= 4 is 28.1 Å². The van der Waals surface area contributed by atoms with Crippen molar-refractivity contribution in [2.24, 2.45) is 0 Å². The van der Waals surface area contributed by atoms with Crippen LogP contribution in [0.1, 0.15) is 17.4 Å². The van der Waals surface area contributed by atoms with Gasteiger partial charge in [0, 0.05) is 23.1 Å². The van der Waals surface area contributed by atoms with Gasteiger partial charge in [0.05, 0.1) is 5.69 Å². The third-order valence-corrected chi connectivity index (χ3v) is 3.42. The quantitative estimate of drug-likeness (QED) is 0.873. The number of nitrogens with one attached hydrogen (secondary N) is 1. The lowest BCUT2D eigenvalue weighted by molar-refractivity contribution is -0.114. The molecule has 2 rings (SSSR count). The van der Waals surface area contributed by atoms with Gasteiger partial charge in [0.1, 0.15) is 0 Å². The summed E-state index contributed by atoms with van der Waals surface area (Å²) >= 11 is 1.48. The smallest absolute Gasteiger partial charge is 0.221 e. The maximum absolute atomic E-state index is 11.0. The maximum Gasteiger partial charge on any atom is 0.221 e. The number of hydrogen-bond donors (Lipinski definition) is 2. The number of carbonyl (C=O) groups is 1. The lowest BCUT2D eigenvalue weighted by atomic mass is 10.1. The summed E-state index contributed by atoms with van der Waals surface area (Å²) in [6.45, 7) is 5.46. The van der Waals surface area contributed by atoms with Gasteiger partial charge in [-0.05, 0) is 31.5 Å². The van der Waals surface area contributed by atoms with E-state index in [1.165, 1.54) is 18.3 Å². The summed E-state index contributed by atoms with van der Waals surface area (Å²) in [4.78, 5) is 16.5. The van der Waals surface area contributed by atoms with E-state index in [0.29, 0.717) is 5.13 Å². The van der Waals surface area contributed by atoms with Crippen LogP contribution in [0, 0.1) is 13.8 Å². The molecule has 0 aliphatic rings. The first-order chi connectivity index (χ1) is 8.47. The largest absolute Gasteiger partial charge is 0.375 e. The topological polar surface area (TPSA) is 68.0 Å². The molecular formula is C13H15N3OS. The molecule has 1 heterocycles. The van der Waals surface area contributed by atoms with Crippen LogP contribution in [-0.4, -0.2) is 10.9 Å². The number of anilines is 2. The van der Waals surface area contributed by atoms with Gasteiger partial charge in [-0.15, -0.1) is 11.3 Å². The Balaban J connectivity index is 2.40. The second-order valence-electron chi connectivity index (χ2n) is 4.17. The molecule has 0 spiro atoms. The number of nitrogens with two attached hydrogens (primary N) is 1. The second-order valence-corrected chi connectivity index (χ2v) is 5.40. The lowest BCUT2D eigenvalue weighted by Crippen LogP contribution is -2.06. The minimum atomic E-state index is -0.0695. The number of amides is 1. The summed E-state index contributed by atoms with van der Waals surface area (Å²) < 4.78 is 0. The van der Waals surface area contributed by atoms with Crippen molar-refractivity contribution in [3.63, 3.8) is 0 Å². The Hall–Kier alpha value is -1.88. The number of aryl methyl sites for hydroxylation is 2. The normalized spacial score (nSPS) is 10.4. The summed E-state index contributed by atoms with van der Waals surface area (Å²) in [5.74, 6) is -0.0695. The monoisotopic (exact) mass is 261 g/mol.